The van der Waals surface area contributed by atoms with E-state index in [0.29, 0.717) is 25.9 Å². The van der Waals surface area contributed by atoms with Gasteiger partial charge in [-0.15, -0.1) is 5.10 Å². The molecule has 0 aliphatic carbocycles. The maximum Gasteiger partial charge on any atom is 0.137 e. The molecule has 62 valence electrons. The number of aromatic nitrogens is 3. The molecule has 1 aromatic heterocycles. The Hall–Kier alpha value is -1.00. The topological polar surface area (TPSA) is 50.9 Å². The molecule has 0 radical (unpaired) electrons. The molecule has 12 heavy (non-hydrogen) atoms. The summed E-state index contributed by atoms with van der Waals surface area (Å²) in [5.74, 6) is 0. The second kappa shape index (κ2) is 2.50. The lowest BCUT2D eigenvalue weighted by molar-refractivity contribution is 0.155. The number of hydrogen-bond acceptors (Lipinski definition) is 3. The summed E-state index contributed by atoms with van der Waals surface area (Å²) in [6.07, 6.45) is 0. The first kappa shape index (κ1) is 7.64. The lowest BCUT2D eigenvalue weighted by Gasteiger charge is -1.94. The van der Waals surface area contributed by atoms with Gasteiger partial charge in [-0.1, -0.05) is 28.0 Å². The van der Waals surface area contributed by atoms with Crippen LogP contribution in [0.5, 0.6) is 0 Å². The molecule has 0 amide bonds. The minimum Gasteiger partial charge on any atom is -0.410 e. The zero-order valence-electron chi connectivity index (χ0n) is 5.70. The summed E-state index contributed by atoms with van der Waals surface area (Å²) in [6, 6.07) is 3.16. The fourth-order valence-corrected chi connectivity index (χ4v) is 1.27. The SMILES string of the molecule is On1nnc2c(Cl)c(Cl)ccc21. The first-order valence-corrected chi connectivity index (χ1v) is 3.84. The molecule has 0 spiro atoms. The van der Waals surface area contributed by atoms with Crippen LogP contribution in [0.25, 0.3) is 11.0 Å². The molecule has 1 aromatic carbocycles. The zero-order valence-corrected chi connectivity index (χ0v) is 7.21. The van der Waals surface area contributed by atoms with Crippen molar-refractivity contribution in [3.05, 3.63) is 22.2 Å². The molecule has 0 unspecified atom stereocenters. The van der Waals surface area contributed by atoms with Crippen molar-refractivity contribution in [1.82, 2.24) is 15.2 Å². The summed E-state index contributed by atoms with van der Waals surface area (Å²) in [5.41, 5.74) is 0.830. The van der Waals surface area contributed by atoms with Gasteiger partial charge in [-0.2, -0.15) is 0 Å². The van der Waals surface area contributed by atoms with Gasteiger partial charge >= 0.3 is 0 Å². The predicted molar refractivity (Wildman–Crippen MR) is 44.7 cm³/mol. The van der Waals surface area contributed by atoms with Crippen LogP contribution in [0.1, 0.15) is 0 Å². The molecule has 0 atom stereocenters. The van der Waals surface area contributed by atoms with Crippen LogP contribution in [0.4, 0.5) is 0 Å². The van der Waals surface area contributed by atoms with E-state index in [0.717, 1.165) is 0 Å². The monoisotopic (exact) mass is 203 g/mol. The van der Waals surface area contributed by atoms with Crippen molar-refractivity contribution in [2.24, 2.45) is 0 Å². The van der Waals surface area contributed by atoms with Gasteiger partial charge in [-0.3, -0.25) is 0 Å². The Morgan fingerprint density at radius 3 is 2.83 bits per heavy atom. The average Bonchev–Trinajstić information content (AvgIpc) is 2.41. The summed E-state index contributed by atoms with van der Waals surface area (Å²) >= 11 is 11.5. The van der Waals surface area contributed by atoms with E-state index in [2.05, 4.69) is 10.3 Å². The van der Waals surface area contributed by atoms with Crippen LogP contribution in [0, 0.1) is 0 Å². The number of fused-ring (bicyclic) bond motifs is 1. The molecular formula is C6H3Cl2N3O. The largest absolute Gasteiger partial charge is 0.410 e. The van der Waals surface area contributed by atoms with Crippen molar-refractivity contribution >= 4 is 34.2 Å². The molecule has 0 saturated heterocycles. The fraction of sp³-hybridized carbons (Fsp3) is 0. The van der Waals surface area contributed by atoms with E-state index >= 15 is 0 Å². The second-order valence-corrected chi connectivity index (χ2v) is 2.99. The van der Waals surface area contributed by atoms with Crippen LogP contribution in [0.2, 0.25) is 10.0 Å². The second-order valence-electron chi connectivity index (χ2n) is 2.21. The van der Waals surface area contributed by atoms with E-state index in [9.17, 15) is 0 Å². The highest BCUT2D eigenvalue weighted by atomic mass is 35.5. The van der Waals surface area contributed by atoms with E-state index < -0.39 is 0 Å². The lowest BCUT2D eigenvalue weighted by Crippen LogP contribution is -1.90. The quantitative estimate of drug-likeness (QED) is 0.667. The molecule has 0 aliphatic rings. The molecule has 2 rings (SSSR count). The van der Waals surface area contributed by atoms with E-state index in [1.807, 2.05) is 0 Å². The zero-order chi connectivity index (χ0) is 8.72. The van der Waals surface area contributed by atoms with Crippen molar-refractivity contribution in [2.75, 3.05) is 0 Å². The third kappa shape index (κ3) is 0.922. The van der Waals surface area contributed by atoms with Gasteiger partial charge in [0.25, 0.3) is 0 Å². The Bertz CT molecular complexity index is 440. The van der Waals surface area contributed by atoms with Gasteiger partial charge in [0, 0.05) is 0 Å². The Morgan fingerprint density at radius 2 is 2.08 bits per heavy atom. The smallest absolute Gasteiger partial charge is 0.137 e. The summed E-state index contributed by atoms with van der Waals surface area (Å²) < 4.78 is 0. The Labute approximate surface area is 77.3 Å². The van der Waals surface area contributed by atoms with Crippen molar-refractivity contribution < 1.29 is 5.21 Å². The van der Waals surface area contributed by atoms with Crippen LogP contribution in [0.15, 0.2) is 12.1 Å². The van der Waals surface area contributed by atoms with Gasteiger partial charge in [0.2, 0.25) is 0 Å². The molecule has 2 aromatic rings. The van der Waals surface area contributed by atoms with E-state index in [-0.39, 0.29) is 0 Å². The molecule has 4 nitrogen and oxygen atoms in total. The summed E-state index contributed by atoms with van der Waals surface area (Å²) in [6.45, 7) is 0. The molecular weight excluding hydrogens is 201 g/mol. The highest BCUT2D eigenvalue weighted by molar-refractivity contribution is 6.44. The van der Waals surface area contributed by atoms with Crippen molar-refractivity contribution in [3.8, 4) is 0 Å². The van der Waals surface area contributed by atoms with Crippen molar-refractivity contribution in [2.45, 2.75) is 0 Å². The average molecular weight is 204 g/mol. The predicted octanol–water partition coefficient (Wildman–Crippen LogP) is 1.98. The number of hydrogen-bond donors (Lipinski definition) is 1. The normalized spacial score (nSPS) is 10.8. The molecule has 0 saturated carbocycles. The molecule has 0 fully saturated rings. The molecule has 1 N–H and O–H groups in total. The first-order chi connectivity index (χ1) is 5.70. The van der Waals surface area contributed by atoms with Crippen LogP contribution >= 0.6 is 23.2 Å². The highest BCUT2D eigenvalue weighted by Gasteiger charge is 2.09. The van der Waals surface area contributed by atoms with E-state index in [4.69, 9.17) is 28.4 Å². The maximum atomic E-state index is 9.07. The molecule has 0 bridgehead atoms. The van der Waals surface area contributed by atoms with Crippen LogP contribution in [-0.2, 0) is 0 Å². The third-order valence-electron chi connectivity index (χ3n) is 1.49. The Kier molecular flexibility index (Phi) is 1.59. The number of halogens is 2. The van der Waals surface area contributed by atoms with E-state index in [1.54, 1.807) is 12.1 Å². The number of nitrogens with zero attached hydrogens (tertiary/aromatic N) is 3. The standard InChI is InChI=1S/C6H3Cl2N3O/c7-3-1-2-4-6(5(3)8)9-10-11(4)12/h1-2,12H. The van der Waals surface area contributed by atoms with Gasteiger partial charge in [0.15, 0.2) is 0 Å². The number of benzene rings is 1. The van der Waals surface area contributed by atoms with Gasteiger partial charge in [0.1, 0.15) is 11.0 Å². The lowest BCUT2D eigenvalue weighted by atomic mass is 10.3. The summed E-state index contributed by atoms with van der Waals surface area (Å²) in [5, 5.41) is 16.8. The van der Waals surface area contributed by atoms with Crippen molar-refractivity contribution in [3.63, 3.8) is 0 Å². The summed E-state index contributed by atoms with van der Waals surface area (Å²) in [7, 11) is 0. The van der Waals surface area contributed by atoms with Gasteiger partial charge in [0.05, 0.1) is 10.0 Å². The first-order valence-electron chi connectivity index (χ1n) is 3.09. The highest BCUT2D eigenvalue weighted by Crippen LogP contribution is 2.28. The van der Waals surface area contributed by atoms with E-state index in [1.165, 1.54) is 0 Å². The minimum atomic E-state index is 0.300. The van der Waals surface area contributed by atoms with Crippen LogP contribution < -0.4 is 0 Å². The van der Waals surface area contributed by atoms with Gasteiger partial charge in [-0.05, 0) is 17.3 Å². The summed E-state index contributed by atoms with van der Waals surface area (Å²) in [4.78, 5) is 0.650. The maximum absolute atomic E-state index is 9.07. The van der Waals surface area contributed by atoms with Crippen LogP contribution in [-0.4, -0.2) is 20.4 Å². The third-order valence-corrected chi connectivity index (χ3v) is 2.29. The fourth-order valence-electron chi connectivity index (χ4n) is 0.922. The molecule has 6 heteroatoms. The Morgan fingerprint density at radius 1 is 1.33 bits per heavy atom. The molecule has 1 heterocycles. The van der Waals surface area contributed by atoms with Crippen molar-refractivity contribution in [1.29, 1.82) is 0 Å². The number of rotatable bonds is 0. The van der Waals surface area contributed by atoms with Crippen LogP contribution in [0.3, 0.4) is 0 Å². The van der Waals surface area contributed by atoms with Gasteiger partial charge in [-0.25, -0.2) is 0 Å². The Balaban J connectivity index is 2.93. The molecule has 0 aliphatic heterocycles. The minimum absolute atomic E-state index is 0.300. The van der Waals surface area contributed by atoms with Gasteiger partial charge < -0.3 is 5.21 Å².